The van der Waals surface area contributed by atoms with Crippen molar-refractivity contribution in [3.8, 4) is 0 Å². The summed E-state index contributed by atoms with van der Waals surface area (Å²) in [5, 5.41) is 1.75. The van der Waals surface area contributed by atoms with E-state index in [9.17, 15) is 0 Å². The van der Waals surface area contributed by atoms with Gasteiger partial charge in [0.2, 0.25) is 0 Å². The highest BCUT2D eigenvalue weighted by Crippen LogP contribution is 2.38. The summed E-state index contributed by atoms with van der Waals surface area (Å²) in [6.45, 7) is 15.8. The molecule has 0 heterocycles. The first-order valence-corrected chi connectivity index (χ1v) is 11.2. The van der Waals surface area contributed by atoms with Crippen LogP contribution < -0.4 is 0 Å². The molecule has 0 saturated carbocycles. The Labute approximate surface area is 121 Å². The zero-order valence-electron chi connectivity index (χ0n) is 13.8. The van der Waals surface area contributed by atoms with Gasteiger partial charge in [-0.25, -0.2) is 0 Å². The second-order valence-electron chi connectivity index (χ2n) is 7.31. The molecule has 0 fully saturated rings. The maximum absolute atomic E-state index is 5.83. The third-order valence-corrected chi connectivity index (χ3v) is 6.18. The van der Waals surface area contributed by atoms with E-state index >= 15 is 0 Å². The second-order valence-corrected chi connectivity index (χ2v) is 12.4. The van der Waals surface area contributed by atoms with Crippen LogP contribution in [0.15, 0.2) is 22.4 Å². The fraction of sp³-hybridized carbons (Fsp3) is 0.765. The Kier molecular flexibility index (Phi) is 6.55. The van der Waals surface area contributed by atoms with Crippen molar-refractivity contribution in [1.82, 2.24) is 0 Å². The fourth-order valence-corrected chi connectivity index (χ4v) is 4.26. The summed E-state index contributed by atoms with van der Waals surface area (Å²) in [7, 11) is -1.00. The lowest BCUT2D eigenvalue weighted by molar-refractivity contribution is 0.142. The summed E-state index contributed by atoms with van der Waals surface area (Å²) < 4.78 is 5.83. The van der Waals surface area contributed by atoms with E-state index in [1.807, 2.05) is 0 Å². The molecule has 0 spiro atoms. The summed E-state index contributed by atoms with van der Waals surface area (Å²) in [6.07, 6.45) is 7.32. The van der Waals surface area contributed by atoms with Gasteiger partial charge in [-0.2, -0.15) is 0 Å². The molecule has 0 N–H and O–H groups in total. The highest BCUT2D eigenvalue weighted by atomic mass is 28.3. The van der Waals surface area contributed by atoms with Crippen LogP contribution in [0.1, 0.15) is 46.5 Å². The Balaban J connectivity index is 2.06. The van der Waals surface area contributed by atoms with Crippen molar-refractivity contribution in [2.75, 3.05) is 13.2 Å². The summed E-state index contributed by atoms with van der Waals surface area (Å²) >= 11 is 0. The van der Waals surface area contributed by atoms with Gasteiger partial charge in [0.1, 0.15) is 0 Å². The van der Waals surface area contributed by atoms with Crippen LogP contribution in [0.2, 0.25) is 19.6 Å². The van der Waals surface area contributed by atoms with Crippen LogP contribution in [0.25, 0.3) is 0 Å². The van der Waals surface area contributed by atoms with Crippen molar-refractivity contribution < 1.29 is 4.74 Å². The molecule has 0 aliphatic heterocycles. The lowest BCUT2D eigenvalue weighted by Gasteiger charge is -2.10. The van der Waals surface area contributed by atoms with Crippen molar-refractivity contribution in [2.24, 2.45) is 5.92 Å². The lowest BCUT2D eigenvalue weighted by atomic mass is 10.0. The van der Waals surface area contributed by atoms with E-state index in [0.717, 1.165) is 19.1 Å². The van der Waals surface area contributed by atoms with Gasteiger partial charge in [0.25, 0.3) is 0 Å². The summed E-state index contributed by atoms with van der Waals surface area (Å²) in [5.74, 6) is 0.778. The van der Waals surface area contributed by atoms with Crippen molar-refractivity contribution in [3.63, 3.8) is 0 Å². The number of hydrogen-bond acceptors (Lipinski definition) is 1. The normalized spacial score (nSPS) is 16.5. The first-order chi connectivity index (χ1) is 8.80. The van der Waals surface area contributed by atoms with E-state index < -0.39 is 8.07 Å². The SMILES string of the molecule is CC(C)=CCCC(C)CCOCC1=C([Si](C)(C)C)C1. The van der Waals surface area contributed by atoms with Gasteiger partial charge in [-0.3, -0.25) is 0 Å². The molecule has 0 radical (unpaired) electrons. The molecule has 1 aliphatic rings. The number of ether oxygens (including phenoxy) is 1. The van der Waals surface area contributed by atoms with Gasteiger partial charge in [0, 0.05) is 6.61 Å². The number of rotatable bonds is 9. The number of hydrogen-bond donors (Lipinski definition) is 0. The molecule has 0 aromatic carbocycles. The maximum Gasteiger partial charge on any atom is 0.0729 e. The van der Waals surface area contributed by atoms with Gasteiger partial charge in [0.05, 0.1) is 14.7 Å². The first-order valence-electron chi connectivity index (χ1n) is 7.73. The molecule has 2 heteroatoms. The topological polar surface area (TPSA) is 9.23 Å². The zero-order chi connectivity index (χ0) is 14.5. The minimum atomic E-state index is -1.00. The van der Waals surface area contributed by atoms with E-state index in [-0.39, 0.29) is 0 Å². The molecule has 110 valence electrons. The molecule has 1 rings (SSSR count). The smallest absolute Gasteiger partial charge is 0.0729 e. The molecular weight excluding hydrogens is 248 g/mol. The van der Waals surface area contributed by atoms with E-state index in [2.05, 4.69) is 46.5 Å². The Hall–Kier alpha value is -0.343. The van der Waals surface area contributed by atoms with Gasteiger partial charge in [-0.05, 0) is 51.0 Å². The maximum atomic E-state index is 5.83. The molecule has 19 heavy (non-hydrogen) atoms. The summed E-state index contributed by atoms with van der Waals surface area (Å²) in [4.78, 5) is 0. The quantitative estimate of drug-likeness (QED) is 0.314. The summed E-state index contributed by atoms with van der Waals surface area (Å²) in [5.41, 5.74) is 3.04. The first kappa shape index (κ1) is 16.7. The minimum Gasteiger partial charge on any atom is -0.377 e. The second kappa shape index (κ2) is 7.44. The molecule has 1 aliphatic carbocycles. The average molecular weight is 281 g/mol. The standard InChI is InChI=1S/C17H32OSi/c1-14(2)8-7-9-15(3)10-11-18-13-16-12-17(16)19(4,5)6/h8,15H,7,9-13H2,1-6H3. The van der Waals surface area contributed by atoms with Crippen molar-refractivity contribution in [1.29, 1.82) is 0 Å². The van der Waals surface area contributed by atoms with Crippen LogP contribution in [0.4, 0.5) is 0 Å². The zero-order valence-corrected chi connectivity index (χ0v) is 14.8. The monoisotopic (exact) mass is 280 g/mol. The third kappa shape index (κ3) is 7.12. The van der Waals surface area contributed by atoms with Crippen molar-refractivity contribution >= 4 is 8.07 Å². The number of allylic oxidation sites excluding steroid dienone is 3. The Morgan fingerprint density at radius 1 is 1.26 bits per heavy atom. The van der Waals surface area contributed by atoms with Gasteiger partial charge in [-0.1, -0.05) is 43.4 Å². The van der Waals surface area contributed by atoms with Crippen LogP contribution >= 0.6 is 0 Å². The summed E-state index contributed by atoms with van der Waals surface area (Å²) in [6, 6.07) is 0. The van der Waals surface area contributed by atoms with E-state index in [1.54, 1.807) is 10.8 Å². The van der Waals surface area contributed by atoms with Crippen molar-refractivity contribution in [3.05, 3.63) is 22.4 Å². The van der Waals surface area contributed by atoms with Crippen LogP contribution in [-0.4, -0.2) is 21.3 Å². The van der Waals surface area contributed by atoms with Crippen LogP contribution in [0, 0.1) is 5.92 Å². The van der Waals surface area contributed by atoms with Gasteiger partial charge in [0.15, 0.2) is 0 Å². The molecule has 1 nitrogen and oxygen atoms in total. The molecule has 0 aromatic rings. The van der Waals surface area contributed by atoms with E-state index in [4.69, 9.17) is 4.74 Å². The van der Waals surface area contributed by atoms with Crippen LogP contribution in [0.3, 0.4) is 0 Å². The fourth-order valence-electron chi connectivity index (χ4n) is 2.38. The highest BCUT2D eigenvalue weighted by Gasteiger charge is 2.32. The van der Waals surface area contributed by atoms with Gasteiger partial charge >= 0.3 is 0 Å². The predicted octanol–water partition coefficient (Wildman–Crippen LogP) is 5.35. The molecule has 1 atom stereocenters. The van der Waals surface area contributed by atoms with E-state index in [1.165, 1.54) is 31.3 Å². The van der Waals surface area contributed by atoms with Gasteiger partial charge in [-0.15, -0.1) is 0 Å². The van der Waals surface area contributed by atoms with Gasteiger partial charge < -0.3 is 4.74 Å². The predicted molar refractivity (Wildman–Crippen MR) is 88.3 cm³/mol. The molecule has 1 unspecified atom stereocenters. The minimum absolute atomic E-state index is 0.778. The molecule has 0 amide bonds. The molecular formula is C17H32OSi. The Morgan fingerprint density at radius 3 is 2.47 bits per heavy atom. The molecule has 0 aromatic heterocycles. The Bertz CT molecular complexity index is 343. The highest BCUT2D eigenvalue weighted by molar-refractivity contribution is 6.84. The molecule has 0 saturated heterocycles. The lowest BCUT2D eigenvalue weighted by Crippen LogP contribution is -2.18. The largest absolute Gasteiger partial charge is 0.377 e. The van der Waals surface area contributed by atoms with Crippen LogP contribution in [0.5, 0.6) is 0 Å². The van der Waals surface area contributed by atoms with Crippen molar-refractivity contribution in [2.45, 2.75) is 66.1 Å². The Morgan fingerprint density at radius 2 is 1.95 bits per heavy atom. The molecule has 0 bridgehead atoms. The third-order valence-electron chi connectivity index (χ3n) is 3.84. The van der Waals surface area contributed by atoms with Crippen LogP contribution in [-0.2, 0) is 4.74 Å². The van der Waals surface area contributed by atoms with E-state index in [0.29, 0.717) is 0 Å². The average Bonchev–Trinajstić information content (AvgIpc) is 3.03.